The Balaban J connectivity index is 0.000000132. The molecule has 6 N–H and O–H groups in total. The summed E-state index contributed by atoms with van der Waals surface area (Å²) in [6.45, 7) is 14.2. The third-order valence-corrected chi connectivity index (χ3v) is 28.7. The molecule has 148 heavy (non-hydrogen) atoms. The predicted octanol–water partition coefficient (Wildman–Crippen LogP) is 24.9. The minimum atomic E-state index is -4.41. The number of rotatable bonds is 20. The van der Waals surface area contributed by atoms with Gasteiger partial charge in [-0.2, -0.15) is 13.2 Å². The number of nitrogens with one attached hydrogen (secondary N) is 6. The predicted molar refractivity (Wildman–Crippen MR) is 580 cm³/mol. The fourth-order valence-corrected chi connectivity index (χ4v) is 21.3. The summed E-state index contributed by atoms with van der Waals surface area (Å²) in [5.41, 5.74) is 18.9. The van der Waals surface area contributed by atoms with Crippen LogP contribution in [0.15, 0.2) is 219 Å². The molecule has 0 spiro atoms. The average molecular weight is 2300 g/mol. The van der Waals surface area contributed by atoms with Gasteiger partial charge in [0.1, 0.15) is 35.7 Å². The molecule has 5 unspecified atom stereocenters. The van der Waals surface area contributed by atoms with Crippen molar-refractivity contribution in [2.24, 2.45) is 0 Å². The van der Waals surface area contributed by atoms with Gasteiger partial charge in [-0.1, -0.05) is 119 Å². The van der Waals surface area contributed by atoms with Crippen molar-refractivity contribution in [3.63, 3.8) is 0 Å². The van der Waals surface area contributed by atoms with Gasteiger partial charge < -0.3 is 73.2 Å². The number of hydrogen-bond donors (Lipinski definition) is 6. The first-order valence-corrected chi connectivity index (χ1v) is 52.5. The number of benzene rings is 8. The number of nitrogens with zero attached hydrogens (tertiary/aromatic N) is 11. The second-order valence-corrected chi connectivity index (χ2v) is 40.2. The maximum absolute atomic E-state index is 13.4. The summed E-state index contributed by atoms with van der Waals surface area (Å²) < 4.78 is 80.0. The molecule has 0 aliphatic carbocycles. The van der Waals surface area contributed by atoms with Gasteiger partial charge in [0.15, 0.2) is 0 Å². The topological polar surface area (TPSA) is 332 Å². The second kappa shape index (κ2) is 48.2. The number of fused-ring (bicyclic) bond motifs is 15. The zero-order chi connectivity index (χ0) is 105. The Morgan fingerprint density at radius 3 is 1.13 bits per heavy atom. The number of halogens is 8. The first kappa shape index (κ1) is 107. The first-order chi connectivity index (χ1) is 71.4. The van der Waals surface area contributed by atoms with Gasteiger partial charge in [-0.15, -0.1) is 0 Å². The third kappa shape index (κ3) is 23.9. The van der Waals surface area contributed by atoms with Crippen LogP contribution < -0.4 is 24.6 Å². The summed E-state index contributed by atoms with van der Waals surface area (Å²) >= 11 is 20.4. The number of methoxy groups -OCH3 is 2. The molecule has 15 aromatic rings. The number of hydrogen-bond acceptors (Lipinski definition) is 19. The second-order valence-electron chi connectivity index (χ2n) is 36.1. The number of carbonyl (C=O) groups excluding carboxylic acids is 6. The van der Waals surface area contributed by atoms with E-state index in [1.807, 2.05) is 136 Å². The Labute approximate surface area is 893 Å². The van der Waals surface area contributed by atoms with Crippen LogP contribution in [0.1, 0.15) is 179 Å². The molecule has 0 bridgehead atoms. The molecular weight excluding hydrogens is 2180 g/mol. The maximum atomic E-state index is 13.4. The summed E-state index contributed by atoms with van der Waals surface area (Å²) in [5, 5.41) is 9.23. The number of anilines is 2. The molecule has 5 atom stereocenters. The zero-order valence-electron chi connectivity index (χ0n) is 83.6. The smallest absolute Gasteiger partial charge is 0.416 e. The number of ether oxygens (including phenoxy) is 7. The average Bonchev–Trinajstić information content (AvgIpc) is 1.52. The molecule has 6 amide bonds. The van der Waals surface area contributed by atoms with Crippen molar-refractivity contribution >= 4 is 178 Å². The molecule has 5 aliphatic heterocycles. The number of H-pyrrole nitrogens is 5. The van der Waals surface area contributed by atoms with E-state index < -0.39 is 36.0 Å². The maximum Gasteiger partial charge on any atom is 0.416 e. The molecule has 0 fully saturated rings. The van der Waals surface area contributed by atoms with E-state index >= 15 is 0 Å². The van der Waals surface area contributed by atoms with E-state index in [0.717, 1.165) is 168 Å². The fraction of sp³-hybridized carbons (Fsp3) is 0.327. The van der Waals surface area contributed by atoms with Crippen LogP contribution >= 0.6 is 75.3 Å². The summed E-state index contributed by atoms with van der Waals surface area (Å²) in [6.07, 6.45) is 11.8. The van der Waals surface area contributed by atoms with E-state index in [-0.39, 0.29) is 48.9 Å². The minimum absolute atomic E-state index is 0.00971. The molecule has 7 aromatic heterocycles. The van der Waals surface area contributed by atoms with Crippen LogP contribution in [-0.4, -0.2) is 220 Å². The standard InChI is InChI=1S/C25H24BrN5O3.C24H26BrN3O4.C21H18BrF3N2O2.C20H22BrN5O2.C20H25ClN2O2/c1-30(2)24-27-13-15(14-28-24)23-22-19(20-12-16(26)4-9-21(20)29-22)10-11-31(23)25(32)34-18-7-5-17(33-3)6-8-18;1-3-32-24(30)28-12-10-18-19-14-17(25)8-9-20(19)27-21(18)22(28)15-4-6-16(7-5-15)23(29)26-11-13-31-2;1-2-29-20(28)27-10-9-15-16-11-14(22)7-8-17(16)26-18(15)19(27)12-3-5-13(6-4-12)21(23,24)25;1-4-28-20(27)26-8-7-14-15-9-13(21)5-6-16(15)24-17(14)18(26)12-10-22-19(23-11-12)25(2)3;1-3-5-6-7-8-18-19-15(11-12-23(18)20(24)25-4-2)16-13-14(21)9-10-17(16)22-19/h4-9,12-14,23,29H,10-11H2,1-3H3;4-9,14,22,27H,3,10-13H2,1-2H3,(H,26,29);3-8,11,19,26H,2,9-10H2,1H3;5-6,9-11,18,24H,4,7-8H2,1-3H3;5-6,9-10,13,18,22H,3-4,7-8,11-12H2,1-2H3/b;;;;6-5+. The van der Waals surface area contributed by atoms with E-state index in [4.69, 9.17) is 44.8 Å². The van der Waals surface area contributed by atoms with E-state index in [9.17, 15) is 41.9 Å². The van der Waals surface area contributed by atoms with Crippen LogP contribution in [0.3, 0.4) is 0 Å². The molecule has 20 rings (SSSR count). The lowest BCUT2D eigenvalue weighted by Gasteiger charge is -2.35. The van der Waals surface area contributed by atoms with Crippen molar-refractivity contribution < 1.29 is 75.1 Å². The van der Waals surface area contributed by atoms with Gasteiger partial charge in [0.2, 0.25) is 11.9 Å². The molecule has 30 nitrogen and oxygen atoms in total. The van der Waals surface area contributed by atoms with Crippen LogP contribution in [0.4, 0.5) is 49.0 Å². The van der Waals surface area contributed by atoms with E-state index in [0.29, 0.717) is 113 Å². The SMILES string of the molecule is CC/C=C/CCC1c2[nH]c3ccc(Cl)cc3c2CCN1C(=O)OCC.CCOC(=O)N1CCc2c([nH]c3ccc(Br)cc23)C1c1ccc(C(=O)NCCOC)cc1.CCOC(=O)N1CCc2c([nH]c3ccc(Br)cc23)C1c1ccc(C(F)(F)F)cc1.CCOC(=O)N1CCc2c([nH]c3ccc(Br)cc23)C1c1cnc(N(C)C)nc1.COc1ccc(OC(=O)N2CCc3c([nH]c4ccc(Br)cc34)C2c2cnc(N(C)C)nc2)cc1. The summed E-state index contributed by atoms with van der Waals surface area (Å²) in [4.78, 5) is 124. The third-order valence-electron chi connectivity index (χ3n) is 26.5. The number of allylic oxidation sites excluding steroid dienone is 2. The van der Waals surface area contributed by atoms with Gasteiger partial charge in [0.25, 0.3) is 5.91 Å². The summed E-state index contributed by atoms with van der Waals surface area (Å²) in [7, 11) is 10.8. The quantitative estimate of drug-likeness (QED) is 0.0234. The highest BCUT2D eigenvalue weighted by molar-refractivity contribution is 9.11. The lowest BCUT2D eigenvalue weighted by Crippen LogP contribution is -2.42. The van der Waals surface area contributed by atoms with Gasteiger partial charge in [0, 0.05) is 222 Å². The van der Waals surface area contributed by atoms with Gasteiger partial charge in [-0.05, 0) is 258 Å². The Bertz CT molecular complexity index is 7310. The van der Waals surface area contributed by atoms with Gasteiger partial charge in [-0.25, -0.2) is 43.9 Å². The lowest BCUT2D eigenvalue weighted by molar-refractivity contribution is -0.137. The van der Waals surface area contributed by atoms with Crippen molar-refractivity contribution in [2.45, 2.75) is 122 Å². The normalized spacial score (nSPS) is 16.1. The largest absolute Gasteiger partial charge is 0.497 e. The van der Waals surface area contributed by atoms with Gasteiger partial charge in [0.05, 0.1) is 51.7 Å². The number of alkyl halides is 3. The van der Waals surface area contributed by atoms with Gasteiger partial charge >= 0.3 is 36.6 Å². The van der Waals surface area contributed by atoms with Crippen molar-refractivity contribution in [2.75, 3.05) is 125 Å². The van der Waals surface area contributed by atoms with E-state index in [1.165, 1.54) is 45.2 Å². The number of amides is 6. The van der Waals surface area contributed by atoms with Gasteiger partial charge in [-0.3, -0.25) is 29.3 Å². The molecule has 38 heteroatoms. The molecule has 5 aliphatic rings. The molecule has 8 aromatic carbocycles. The Kier molecular flexibility index (Phi) is 35.0. The van der Waals surface area contributed by atoms with Crippen LogP contribution in [0.25, 0.3) is 54.5 Å². The molecule has 0 saturated carbocycles. The van der Waals surface area contributed by atoms with Crippen molar-refractivity contribution in [1.82, 2.24) is 74.7 Å². The highest BCUT2D eigenvalue weighted by Crippen LogP contribution is 2.47. The monoisotopic (exact) mass is 2290 g/mol. The molecule has 0 saturated heterocycles. The Morgan fingerprint density at radius 2 is 0.764 bits per heavy atom. The van der Waals surface area contributed by atoms with Crippen LogP contribution in [-0.2, 0) is 62.0 Å². The molecule has 774 valence electrons. The fourth-order valence-electron chi connectivity index (χ4n) is 19.7. The Hall–Kier alpha value is -13.5. The highest BCUT2D eigenvalue weighted by atomic mass is 79.9. The lowest BCUT2D eigenvalue weighted by atomic mass is 9.92. The number of carbonyl (C=O) groups is 6. The van der Waals surface area contributed by atoms with Crippen molar-refractivity contribution in [3.8, 4) is 11.5 Å². The zero-order valence-corrected chi connectivity index (χ0v) is 90.7. The number of aromatic amines is 5. The van der Waals surface area contributed by atoms with E-state index in [1.54, 1.807) is 109 Å². The molecule has 12 heterocycles. The van der Waals surface area contributed by atoms with E-state index in [2.05, 4.69) is 157 Å². The van der Waals surface area contributed by atoms with Crippen molar-refractivity contribution in [1.29, 1.82) is 0 Å². The molecular formula is C110H115Br4ClF3N17O13. The summed E-state index contributed by atoms with van der Waals surface area (Å²) in [6, 6.07) is 48.0. The highest BCUT2D eigenvalue weighted by Gasteiger charge is 2.43. The Morgan fingerprint density at radius 1 is 0.426 bits per heavy atom. The van der Waals surface area contributed by atoms with Crippen LogP contribution in [0.2, 0.25) is 5.02 Å². The first-order valence-electron chi connectivity index (χ1n) is 49.0. The number of aromatic nitrogens is 9. The molecule has 0 radical (unpaired) electrons. The van der Waals surface area contributed by atoms with Crippen molar-refractivity contribution in [3.05, 3.63) is 313 Å². The minimum Gasteiger partial charge on any atom is -0.497 e. The summed E-state index contributed by atoms with van der Waals surface area (Å²) in [5.74, 6) is 2.23. The van der Waals surface area contributed by atoms with Crippen LogP contribution in [0.5, 0.6) is 11.5 Å². The van der Waals surface area contributed by atoms with Crippen LogP contribution in [0, 0.1) is 0 Å².